The van der Waals surface area contributed by atoms with Gasteiger partial charge in [0.2, 0.25) is 11.8 Å². The molecular formula is C38H46N8O6S2. The zero-order valence-corrected chi connectivity index (χ0v) is 32.9. The van der Waals surface area contributed by atoms with Crippen molar-refractivity contribution in [2.45, 2.75) is 77.5 Å². The van der Waals surface area contributed by atoms with Gasteiger partial charge in [0.15, 0.2) is 0 Å². The number of nitrogens with one attached hydrogen (secondary N) is 4. The van der Waals surface area contributed by atoms with E-state index < -0.39 is 24.3 Å². The number of alkyl carbamates (subject to hydrolysis) is 2. The Labute approximate surface area is 321 Å². The predicted molar refractivity (Wildman–Crippen MR) is 208 cm³/mol. The average Bonchev–Trinajstić information content (AvgIpc) is 4.00. The fraction of sp³-hybridized carbons (Fsp3) is 0.474. The molecule has 5 aromatic rings. The number of amides is 4. The molecule has 0 radical (unpaired) electrons. The second-order valence-corrected chi connectivity index (χ2v) is 16.8. The van der Waals surface area contributed by atoms with E-state index in [1.54, 1.807) is 22.7 Å². The van der Waals surface area contributed by atoms with Crippen molar-refractivity contribution in [1.82, 2.24) is 40.4 Å². The molecular weight excluding hydrogens is 729 g/mol. The number of likely N-dealkylation sites (tertiary alicyclic amines) is 2. The fourth-order valence-electron chi connectivity index (χ4n) is 7.49. The first-order valence-electron chi connectivity index (χ1n) is 18.3. The molecule has 0 unspecified atom stereocenters. The van der Waals surface area contributed by atoms with Crippen LogP contribution in [0.4, 0.5) is 9.59 Å². The summed E-state index contributed by atoms with van der Waals surface area (Å²) in [6.45, 7) is 8.81. The Hall–Kier alpha value is -4.96. The Morgan fingerprint density at radius 3 is 1.48 bits per heavy atom. The smallest absolute Gasteiger partial charge is 0.407 e. The van der Waals surface area contributed by atoms with Crippen molar-refractivity contribution in [2.75, 3.05) is 27.3 Å². The van der Waals surface area contributed by atoms with E-state index in [-0.39, 0.29) is 35.7 Å². The number of carbonyl (C=O) groups is 4. The summed E-state index contributed by atoms with van der Waals surface area (Å²) in [6, 6.07) is 6.98. The zero-order valence-electron chi connectivity index (χ0n) is 31.2. The standard InChI is InChI=1S/C38H46N8O6S2/c1-19(2)31(43-37(49)51-5)35(47)45-11-7-9-25(45)33-39-17-23(41-33)29-15-21-13-28-22(14-27(21)53-29)16-30(54-28)24-18-40-34(42-24)26-10-8-12-46(26)36(48)32(20(3)4)44-38(50)52-6/h13-20,25-26,31-32H,7-12H2,1-6H3,(H,39,41)(H,40,42)(H,43,49)(H,44,50)/t25-,26-,31-,32-/m0/s1. The largest absolute Gasteiger partial charge is 0.453 e. The first-order chi connectivity index (χ1) is 25.9. The molecule has 4 atom stereocenters. The van der Waals surface area contributed by atoms with Crippen molar-refractivity contribution in [1.29, 1.82) is 0 Å². The Bertz CT molecular complexity index is 1990. The van der Waals surface area contributed by atoms with Gasteiger partial charge in [0.05, 0.1) is 59.8 Å². The molecule has 4 amide bonds. The van der Waals surface area contributed by atoms with Crippen molar-refractivity contribution in [3.05, 3.63) is 48.3 Å². The Morgan fingerprint density at radius 1 is 0.704 bits per heavy atom. The molecule has 7 rings (SSSR count). The Balaban J connectivity index is 1.07. The van der Waals surface area contributed by atoms with E-state index >= 15 is 0 Å². The number of nitrogens with zero attached hydrogens (tertiary/aromatic N) is 4. The molecule has 14 nitrogen and oxygen atoms in total. The number of methoxy groups -OCH3 is 2. The summed E-state index contributed by atoms with van der Waals surface area (Å²) in [6.07, 6.45) is 5.70. The monoisotopic (exact) mass is 774 g/mol. The van der Waals surface area contributed by atoms with Crippen molar-refractivity contribution >= 4 is 66.8 Å². The number of aromatic nitrogens is 4. The van der Waals surface area contributed by atoms with Gasteiger partial charge in [-0.05, 0) is 72.6 Å². The number of rotatable bonds is 10. The number of hydrogen-bond donors (Lipinski definition) is 4. The van der Waals surface area contributed by atoms with Gasteiger partial charge < -0.3 is 39.9 Å². The minimum absolute atomic E-state index is 0.103. The molecule has 2 fully saturated rings. The number of ether oxygens (including phenoxy) is 2. The summed E-state index contributed by atoms with van der Waals surface area (Å²) >= 11 is 3.37. The number of fused-ring (bicyclic) bond motifs is 2. The molecule has 16 heteroatoms. The lowest BCUT2D eigenvalue weighted by Gasteiger charge is -2.30. The van der Waals surface area contributed by atoms with E-state index in [2.05, 4.69) is 44.9 Å². The van der Waals surface area contributed by atoms with Crippen LogP contribution in [0.25, 0.3) is 41.3 Å². The third kappa shape index (κ3) is 7.28. The maximum Gasteiger partial charge on any atom is 0.407 e. The lowest BCUT2D eigenvalue weighted by atomic mass is 10.0. The van der Waals surface area contributed by atoms with E-state index in [0.29, 0.717) is 13.1 Å². The van der Waals surface area contributed by atoms with Gasteiger partial charge >= 0.3 is 12.2 Å². The molecule has 286 valence electrons. The first kappa shape index (κ1) is 37.4. The topological polar surface area (TPSA) is 175 Å². The number of carbonyl (C=O) groups excluding carboxylic acids is 4. The minimum Gasteiger partial charge on any atom is -0.453 e. The lowest BCUT2D eigenvalue weighted by Crippen LogP contribution is -2.51. The van der Waals surface area contributed by atoms with Crippen LogP contribution in [0, 0.1) is 11.8 Å². The quantitative estimate of drug-likeness (QED) is 0.118. The third-order valence-electron chi connectivity index (χ3n) is 10.4. The maximum absolute atomic E-state index is 13.6. The number of H-pyrrole nitrogens is 2. The molecule has 2 aliphatic rings. The van der Waals surface area contributed by atoms with Crippen LogP contribution in [0.3, 0.4) is 0 Å². The SMILES string of the molecule is COC(=O)N[C@H](C(=O)N1CCC[C@H]1c1ncc(-c2cc3cc4sc(-c5cnc([C@@H]6CCCN6C(=O)[C@@H](NC(=O)OC)C(C)C)[nH]5)cc4cc3s2)[nH]1)C(C)C. The van der Waals surface area contributed by atoms with Gasteiger partial charge in [-0.1, -0.05) is 27.7 Å². The Morgan fingerprint density at radius 2 is 1.11 bits per heavy atom. The second-order valence-electron chi connectivity index (χ2n) is 14.6. The highest BCUT2D eigenvalue weighted by Crippen LogP contribution is 2.41. The summed E-state index contributed by atoms with van der Waals surface area (Å²) in [5, 5.41) is 7.66. The Kier molecular flexibility index (Phi) is 10.7. The maximum atomic E-state index is 13.6. The number of benzene rings is 1. The van der Waals surface area contributed by atoms with Crippen molar-refractivity contribution in [3.63, 3.8) is 0 Å². The molecule has 0 bridgehead atoms. The van der Waals surface area contributed by atoms with Crippen LogP contribution in [-0.2, 0) is 19.1 Å². The van der Waals surface area contributed by atoms with E-state index in [1.165, 1.54) is 14.2 Å². The molecule has 2 saturated heterocycles. The zero-order chi connectivity index (χ0) is 38.3. The molecule has 4 N–H and O–H groups in total. The number of aromatic amines is 2. The molecule has 0 aliphatic carbocycles. The van der Waals surface area contributed by atoms with Crippen LogP contribution in [0.15, 0.2) is 36.7 Å². The summed E-state index contributed by atoms with van der Waals surface area (Å²) in [5.74, 6) is 0.997. The van der Waals surface area contributed by atoms with Crippen molar-refractivity contribution in [3.8, 4) is 21.1 Å². The van der Waals surface area contributed by atoms with Crippen LogP contribution >= 0.6 is 22.7 Å². The van der Waals surface area contributed by atoms with Crippen LogP contribution in [-0.4, -0.2) is 93.1 Å². The van der Waals surface area contributed by atoms with E-state index in [4.69, 9.17) is 19.4 Å². The average molecular weight is 775 g/mol. The number of hydrogen-bond acceptors (Lipinski definition) is 10. The lowest BCUT2D eigenvalue weighted by molar-refractivity contribution is -0.136. The fourth-order valence-corrected chi connectivity index (χ4v) is 9.60. The molecule has 1 aromatic carbocycles. The van der Waals surface area contributed by atoms with E-state index in [9.17, 15) is 19.2 Å². The van der Waals surface area contributed by atoms with Gasteiger partial charge in [-0.25, -0.2) is 19.6 Å². The van der Waals surface area contributed by atoms with Gasteiger partial charge in [0, 0.05) is 22.5 Å². The summed E-state index contributed by atoms with van der Waals surface area (Å²) in [4.78, 5) is 73.3. The highest BCUT2D eigenvalue weighted by molar-refractivity contribution is 7.23. The molecule has 2 aliphatic heterocycles. The molecule has 54 heavy (non-hydrogen) atoms. The molecule has 0 saturated carbocycles. The number of imidazole rings is 2. The second kappa shape index (κ2) is 15.4. The van der Waals surface area contributed by atoms with Gasteiger partial charge in [0.1, 0.15) is 23.7 Å². The normalized spacial score (nSPS) is 18.5. The highest BCUT2D eigenvalue weighted by atomic mass is 32.1. The highest BCUT2D eigenvalue weighted by Gasteiger charge is 2.39. The van der Waals surface area contributed by atoms with Crippen LogP contribution in [0.1, 0.15) is 77.1 Å². The summed E-state index contributed by atoms with van der Waals surface area (Å²) in [5.41, 5.74) is 1.79. The summed E-state index contributed by atoms with van der Waals surface area (Å²) in [7, 11) is 2.58. The molecule has 0 spiro atoms. The van der Waals surface area contributed by atoms with Crippen LogP contribution in [0.5, 0.6) is 0 Å². The molecule has 6 heterocycles. The first-order valence-corrected chi connectivity index (χ1v) is 20.0. The molecule has 4 aromatic heterocycles. The van der Waals surface area contributed by atoms with Crippen LogP contribution in [0.2, 0.25) is 0 Å². The van der Waals surface area contributed by atoms with E-state index in [1.807, 2.05) is 49.9 Å². The summed E-state index contributed by atoms with van der Waals surface area (Å²) < 4.78 is 11.8. The van der Waals surface area contributed by atoms with E-state index in [0.717, 1.165) is 78.6 Å². The van der Waals surface area contributed by atoms with Crippen LogP contribution < -0.4 is 10.6 Å². The predicted octanol–water partition coefficient (Wildman–Crippen LogP) is 6.98. The van der Waals surface area contributed by atoms with Crippen molar-refractivity contribution < 1.29 is 28.7 Å². The van der Waals surface area contributed by atoms with Gasteiger partial charge in [-0.2, -0.15) is 0 Å². The van der Waals surface area contributed by atoms with Gasteiger partial charge in [0.25, 0.3) is 0 Å². The van der Waals surface area contributed by atoms with Gasteiger partial charge in [-0.15, -0.1) is 22.7 Å². The third-order valence-corrected chi connectivity index (χ3v) is 12.6. The van der Waals surface area contributed by atoms with Crippen molar-refractivity contribution in [2.24, 2.45) is 11.8 Å². The number of thiophene rings is 2. The minimum atomic E-state index is -0.686. The van der Waals surface area contributed by atoms with Gasteiger partial charge in [-0.3, -0.25) is 9.59 Å².